The second kappa shape index (κ2) is 6.45. The Morgan fingerprint density at radius 1 is 1.04 bits per heavy atom. The van der Waals surface area contributed by atoms with E-state index in [1.54, 1.807) is 18.5 Å². The molecule has 0 atom stereocenters. The van der Waals surface area contributed by atoms with E-state index in [0.717, 1.165) is 18.4 Å². The van der Waals surface area contributed by atoms with Crippen LogP contribution in [0.25, 0.3) is 0 Å². The van der Waals surface area contributed by atoms with Crippen molar-refractivity contribution in [1.82, 2.24) is 14.8 Å². The minimum atomic E-state index is -4.66. The summed E-state index contributed by atoms with van der Waals surface area (Å²) in [6.45, 7) is 8.44. The highest BCUT2D eigenvalue weighted by atomic mass is 19.4. The van der Waals surface area contributed by atoms with E-state index in [1.807, 2.05) is 4.68 Å². The van der Waals surface area contributed by atoms with E-state index < -0.39 is 6.36 Å². The highest BCUT2D eigenvalue weighted by Crippen LogP contribution is 2.35. The molecule has 2 aromatic rings. The van der Waals surface area contributed by atoms with Crippen molar-refractivity contribution in [3.8, 4) is 5.75 Å². The van der Waals surface area contributed by atoms with E-state index in [0.29, 0.717) is 0 Å². The van der Waals surface area contributed by atoms with Crippen molar-refractivity contribution in [3.05, 3.63) is 42.5 Å². The summed E-state index contributed by atoms with van der Waals surface area (Å²) in [5.41, 5.74) is 0.685. The van der Waals surface area contributed by atoms with Gasteiger partial charge in [-0.15, -0.1) is 13.2 Å². The molecule has 1 heterocycles. The topological polar surface area (TPSA) is 39.9 Å². The van der Waals surface area contributed by atoms with Crippen molar-refractivity contribution in [1.29, 1.82) is 0 Å². The van der Waals surface area contributed by atoms with Crippen LogP contribution in [0.15, 0.2) is 36.9 Å². The molecular formula is C17H22F3N3O. The summed E-state index contributed by atoms with van der Waals surface area (Å²) in [4.78, 5) is 3.99. The summed E-state index contributed by atoms with van der Waals surface area (Å²) in [5, 5.41) is 4.21. The molecule has 0 bridgehead atoms. The van der Waals surface area contributed by atoms with Crippen molar-refractivity contribution in [2.24, 2.45) is 5.41 Å². The highest BCUT2D eigenvalue weighted by molar-refractivity contribution is 5.28. The molecule has 0 aliphatic heterocycles. The molecule has 0 amide bonds. The molecule has 0 spiro atoms. The average Bonchev–Trinajstić information content (AvgIpc) is 2.92. The molecule has 1 aromatic heterocycles. The number of alkyl halides is 3. The van der Waals surface area contributed by atoms with Crippen LogP contribution in [-0.2, 0) is 12.0 Å². The molecular weight excluding hydrogens is 319 g/mol. The first-order valence-corrected chi connectivity index (χ1v) is 7.67. The molecule has 0 saturated heterocycles. The number of benzene rings is 1. The minimum Gasteiger partial charge on any atom is -0.406 e. The van der Waals surface area contributed by atoms with E-state index in [9.17, 15) is 13.2 Å². The number of rotatable bonds is 6. The van der Waals surface area contributed by atoms with Crippen LogP contribution in [0.2, 0.25) is 0 Å². The van der Waals surface area contributed by atoms with Crippen LogP contribution in [0, 0.1) is 5.41 Å². The number of hydrogen-bond acceptors (Lipinski definition) is 3. The fourth-order valence-electron chi connectivity index (χ4n) is 3.20. The van der Waals surface area contributed by atoms with Gasteiger partial charge >= 0.3 is 6.36 Å². The van der Waals surface area contributed by atoms with Gasteiger partial charge in [0.15, 0.2) is 0 Å². The fourth-order valence-corrected chi connectivity index (χ4v) is 3.20. The van der Waals surface area contributed by atoms with Gasteiger partial charge in [-0.2, -0.15) is 5.10 Å². The summed E-state index contributed by atoms with van der Waals surface area (Å²) < 4.78 is 42.3. The van der Waals surface area contributed by atoms with Crippen molar-refractivity contribution >= 4 is 0 Å². The maximum atomic E-state index is 12.2. The van der Waals surface area contributed by atoms with Gasteiger partial charge in [0, 0.05) is 0 Å². The molecule has 0 fully saturated rings. The Hall–Kier alpha value is -2.05. The van der Waals surface area contributed by atoms with Crippen LogP contribution < -0.4 is 4.74 Å². The first kappa shape index (κ1) is 18.3. The van der Waals surface area contributed by atoms with Gasteiger partial charge in [0.1, 0.15) is 18.4 Å². The summed E-state index contributed by atoms with van der Waals surface area (Å²) >= 11 is 0. The summed E-state index contributed by atoms with van der Waals surface area (Å²) in [7, 11) is 0. The Balaban J connectivity index is 2.03. The highest BCUT2D eigenvalue weighted by Gasteiger charge is 2.32. The minimum absolute atomic E-state index is 0.0676. The molecule has 132 valence electrons. The van der Waals surface area contributed by atoms with E-state index in [1.165, 1.54) is 18.5 Å². The van der Waals surface area contributed by atoms with Crippen molar-refractivity contribution in [2.45, 2.75) is 52.4 Å². The molecule has 2 rings (SSSR count). The largest absolute Gasteiger partial charge is 0.573 e. The molecule has 0 unspecified atom stereocenters. The molecule has 0 N–H and O–H groups in total. The van der Waals surface area contributed by atoms with Gasteiger partial charge in [-0.25, -0.2) is 9.67 Å². The monoisotopic (exact) mass is 341 g/mol. The molecule has 24 heavy (non-hydrogen) atoms. The lowest BCUT2D eigenvalue weighted by Crippen LogP contribution is -2.34. The Morgan fingerprint density at radius 3 is 2.17 bits per heavy atom. The zero-order chi connectivity index (χ0) is 18.0. The predicted molar refractivity (Wildman–Crippen MR) is 84.6 cm³/mol. The molecule has 4 nitrogen and oxygen atoms in total. The lowest BCUT2D eigenvalue weighted by Gasteiger charge is -2.35. The van der Waals surface area contributed by atoms with Gasteiger partial charge in [-0.1, -0.05) is 26.0 Å². The lowest BCUT2D eigenvalue weighted by atomic mass is 9.76. The van der Waals surface area contributed by atoms with Gasteiger partial charge in [-0.05, 0) is 49.8 Å². The van der Waals surface area contributed by atoms with Gasteiger partial charge in [0.05, 0.1) is 5.54 Å². The molecule has 0 aliphatic rings. The van der Waals surface area contributed by atoms with E-state index in [4.69, 9.17) is 0 Å². The first-order valence-electron chi connectivity index (χ1n) is 7.67. The van der Waals surface area contributed by atoms with Crippen LogP contribution in [0.5, 0.6) is 5.75 Å². The standard InChI is InChI=1S/C17H22F3N3O/c1-15(2,10-16(3,4)23-12-21-11-22-23)9-13-5-7-14(8-6-13)24-17(18,19)20/h5-8,11-12H,9-10H2,1-4H3. The number of hydrogen-bond donors (Lipinski definition) is 0. The van der Waals surface area contributed by atoms with E-state index >= 15 is 0 Å². The fraction of sp³-hybridized carbons (Fsp3) is 0.529. The van der Waals surface area contributed by atoms with Crippen molar-refractivity contribution in [2.75, 3.05) is 0 Å². The maximum absolute atomic E-state index is 12.2. The Kier molecular flexibility index (Phi) is 4.92. The van der Waals surface area contributed by atoms with Crippen LogP contribution >= 0.6 is 0 Å². The second-order valence-electron chi connectivity index (χ2n) is 7.36. The Bertz CT molecular complexity index is 647. The predicted octanol–water partition coefficient (Wildman–Crippen LogP) is 4.57. The SMILES string of the molecule is CC(C)(Cc1ccc(OC(F)(F)F)cc1)CC(C)(C)n1cncn1. The van der Waals surface area contributed by atoms with E-state index in [2.05, 4.69) is 42.5 Å². The van der Waals surface area contributed by atoms with Gasteiger partial charge in [-0.3, -0.25) is 0 Å². The van der Waals surface area contributed by atoms with Crippen molar-refractivity contribution < 1.29 is 17.9 Å². The van der Waals surface area contributed by atoms with Gasteiger partial charge in [0.25, 0.3) is 0 Å². The van der Waals surface area contributed by atoms with Crippen molar-refractivity contribution in [3.63, 3.8) is 0 Å². The molecule has 1 aromatic carbocycles. The third-order valence-electron chi connectivity index (χ3n) is 3.79. The smallest absolute Gasteiger partial charge is 0.406 e. The maximum Gasteiger partial charge on any atom is 0.573 e. The lowest BCUT2D eigenvalue weighted by molar-refractivity contribution is -0.274. The number of ether oxygens (including phenoxy) is 1. The van der Waals surface area contributed by atoms with Crippen LogP contribution in [0.1, 0.15) is 39.7 Å². The van der Waals surface area contributed by atoms with Crippen LogP contribution in [0.3, 0.4) is 0 Å². The number of halogens is 3. The zero-order valence-corrected chi connectivity index (χ0v) is 14.3. The normalized spacial score (nSPS) is 13.1. The third-order valence-corrected chi connectivity index (χ3v) is 3.79. The number of nitrogens with zero attached hydrogens (tertiary/aromatic N) is 3. The molecule has 0 saturated carbocycles. The number of aromatic nitrogens is 3. The second-order valence-corrected chi connectivity index (χ2v) is 7.36. The Labute approximate surface area is 139 Å². The quantitative estimate of drug-likeness (QED) is 0.773. The van der Waals surface area contributed by atoms with Gasteiger partial charge in [0.2, 0.25) is 0 Å². The third kappa shape index (κ3) is 5.25. The van der Waals surface area contributed by atoms with Crippen LogP contribution in [0.4, 0.5) is 13.2 Å². The zero-order valence-electron chi connectivity index (χ0n) is 14.3. The first-order chi connectivity index (χ1) is 11.0. The van der Waals surface area contributed by atoms with E-state index in [-0.39, 0.29) is 16.7 Å². The Morgan fingerprint density at radius 2 is 1.67 bits per heavy atom. The van der Waals surface area contributed by atoms with Gasteiger partial charge < -0.3 is 4.74 Å². The summed E-state index contributed by atoms with van der Waals surface area (Å²) in [6.07, 6.45) is 0.109. The summed E-state index contributed by atoms with van der Waals surface area (Å²) in [5.74, 6) is -0.202. The van der Waals surface area contributed by atoms with Crippen LogP contribution in [-0.4, -0.2) is 21.1 Å². The summed E-state index contributed by atoms with van der Waals surface area (Å²) in [6, 6.07) is 6.04. The molecule has 0 aliphatic carbocycles. The molecule has 0 radical (unpaired) electrons. The molecule has 7 heteroatoms. The average molecular weight is 341 g/mol.